The molecule has 2 nitrogen and oxygen atoms in total. The van der Waals surface area contributed by atoms with Crippen LogP contribution in [0.1, 0.15) is 40.0 Å². The van der Waals surface area contributed by atoms with E-state index in [2.05, 4.69) is 13.8 Å². The summed E-state index contributed by atoms with van der Waals surface area (Å²) in [5.74, 6) is 0.320. The third kappa shape index (κ3) is 1.46. The Morgan fingerprint density at radius 3 is 2.57 bits per heavy atom. The van der Waals surface area contributed by atoms with Crippen LogP contribution in [0.3, 0.4) is 0 Å². The zero-order valence-electron chi connectivity index (χ0n) is 9.08. The number of carbonyl (C=O) groups excluding carboxylic acids is 1. The molecule has 2 rings (SSSR count). The molecule has 3 heteroatoms. The van der Waals surface area contributed by atoms with Gasteiger partial charge in [0.25, 0.3) is 0 Å². The van der Waals surface area contributed by atoms with E-state index in [0.717, 1.165) is 11.7 Å². The Hall–Kier alpha value is -0.180. The molecule has 14 heavy (non-hydrogen) atoms. The second-order valence-corrected chi connectivity index (χ2v) is 6.24. The fraction of sp³-hybridized carbons (Fsp3) is 0.909. The molecule has 2 aliphatic heterocycles. The summed E-state index contributed by atoms with van der Waals surface area (Å²) in [6, 6.07) is 0. The van der Waals surface area contributed by atoms with Crippen LogP contribution in [0, 0.1) is 5.92 Å². The molecule has 0 aromatic rings. The van der Waals surface area contributed by atoms with Crippen LogP contribution in [-0.2, 0) is 9.53 Å². The van der Waals surface area contributed by atoms with E-state index in [1.54, 1.807) is 0 Å². The first-order valence-corrected chi connectivity index (χ1v) is 6.34. The lowest BCUT2D eigenvalue weighted by Crippen LogP contribution is -2.47. The quantitative estimate of drug-likeness (QED) is 0.661. The molecular weight excluding hydrogens is 196 g/mol. The summed E-state index contributed by atoms with van der Waals surface area (Å²) in [6.45, 7) is 5.87. The van der Waals surface area contributed by atoms with Crippen molar-refractivity contribution in [3.63, 3.8) is 0 Å². The number of ether oxygens (including phenoxy) is 1. The summed E-state index contributed by atoms with van der Waals surface area (Å²) in [4.78, 5) is 11.2. The van der Waals surface area contributed by atoms with Crippen molar-refractivity contribution < 1.29 is 9.53 Å². The molecule has 0 aromatic carbocycles. The third-order valence-corrected chi connectivity index (χ3v) is 5.26. The standard InChI is InChI=1S/C11H18O2S/c1-7(2)11(13-8(3)12)6-9-4-5-10(11)14-9/h7,9-10H,4-6H2,1-3H3. The molecule has 0 amide bonds. The van der Waals surface area contributed by atoms with Gasteiger partial charge in [0.2, 0.25) is 0 Å². The third-order valence-electron chi connectivity index (χ3n) is 3.51. The van der Waals surface area contributed by atoms with Gasteiger partial charge < -0.3 is 4.74 Å². The Morgan fingerprint density at radius 2 is 2.21 bits per heavy atom. The van der Waals surface area contributed by atoms with Crippen LogP contribution in [0.5, 0.6) is 0 Å². The highest BCUT2D eigenvalue weighted by atomic mass is 32.2. The van der Waals surface area contributed by atoms with Crippen molar-refractivity contribution in [1.82, 2.24) is 0 Å². The van der Waals surface area contributed by atoms with E-state index in [-0.39, 0.29) is 11.6 Å². The van der Waals surface area contributed by atoms with Crippen LogP contribution in [0.2, 0.25) is 0 Å². The first kappa shape index (κ1) is 10.3. The maximum Gasteiger partial charge on any atom is 0.303 e. The van der Waals surface area contributed by atoms with E-state index in [9.17, 15) is 4.79 Å². The number of rotatable bonds is 2. The molecule has 2 saturated heterocycles. The van der Waals surface area contributed by atoms with Crippen molar-refractivity contribution in [2.45, 2.75) is 56.1 Å². The second kappa shape index (κ2) is 3.44. The minimum absolute atomic E-state index is 0.119. The number of fused-ring (bicyclic) bond motifs is 2. The Bertz CT molecular complexity index is 252. The van der Waals surface area contributed by atoms with Gasteiger partial charge in [-0.3, -0.25) is 4.79 Å². The van der Waals surface area contributed by atoms with Crippen LogP contribution in [-0.4, -0.2) is 22.1 Å². The summed E-state index contributed by atoms with van der Waals surface area (Å²) in [5, 5.41) is 1.29. The van der Waals surface area contributed by atoms with Gasteiger partial charge in [0, 0.05) is 23.8 Å². The molecule has 3 unspecified atom stereocenters. The SMILES string of the molecule is CC(=O)OC1(C(C)C)CC2CCC1S2. The van der Waals surface area contributed by atoms with Crippen molar-refractivity contribution in [2.75, 3.05) is 0 Å². The van der Waals surface area contributed by atoms with Crippen LogP contribution in [0.15, 0.2) is 0 Å². The van der Waals surface area contributed by atoms with Gasteiger partial charge in [-0.1, -0.05) is 13.8 Å². The molecule has 2 bridgehead atoms. The summed E-state index contributed by atoms with van der Waals surface area (Å²) < 4.78 is 5.63. The molecule has 2 heterocycles. The summed E-state index contributed by atoms with van der Waals surface area (Å²) in [7, 11) is 0. The smallest absolute Gasteiger partial charge is 0.303 e. The molecule has 0 aliphatic carbocycles. The molecule has 0 aromatic heterocycles. The summed E-state index contributed by atoms with van der Waals surface area (Å²) >= 11 is 2.03. The van der Waals surface area contributed by atoms with E-state index in [1.807, 2.05) is 11.8 Å². The number of hydrogen-bond donors (Lipinski definition) is 0. The number of hydrogen-bond acceptors (Lipinski definition) is 3. The van der Waals surface area contributed by atoms with Gasteiger partial charge in [-0.2, -0.15) is 11.8 Å². The molecule has 0 radical (unpaired) electrons. The van der Waals surface area contributed by atoms with Crippen molar-refractivity contribution in [2.24, 2.45) is 5.92 Å². The van der Waals surface area contributed by atoms with Crippen LogP contribution >= 0.6 is 11.8 Å². The van der Waals surface area contributed by atoms with E-state index in [4.69, 9.17) is 4.74 Å². The van der Waals surface area contributed by atoms with Crippen molar-refractivity contribution >= 4 is 17.7 Å². The molecule has 0 spiro atoms. The van der Waals surface area contributed by atoms with Crippen LogP contribution in [0.25, 0.3) is 0 Å². The minimum atomic E-state index is -0.153. The summed E-state index contributed by atoms with van der Waals surface area (Å²) in [6.07, 6.45) is 3.60. The number of esters is 1. The van der Waals surface area contributed by atoms with Gasteiger partial charge in [0.15, 0.2) is 0 Å². The zero-order chi connectivity index (χ0) is 10.3. The predicted molar refractivity (Wildman–Crippen MR) is 58.4 cm³/mol. The predicted octanol–water partition coefficient (Wildman–Crippen LogP) is 2.61. The van der Waals surface area contributed by atoms with Crippen LogP contribution < -0.4 is 0 Å². The lowest BCUT2D eigenvalue weighted by atomic mass is 9.77. The Balaban J connectivity index is 2.19. The Morgan fingerprint density at radius 1 is 1.50 bits per heavy atom. The highest BCUT2D eigenvalue weighted by Gasteiger charge is 2.55. The second-order valence-electron chi connectivity index (χ2n) is 4.73. The largest absolute Gasteiger partial charge is 0.458 e. The lowest BCUT2D eigenvalue weighted by Gasteiger charge is -2.39. The number of carbonyl (C=O) groups is 1. The molecule has 2 aliphatic rings. The fourth-order valence-electron chi connectivity index (χ4n) is 2.80. The highest BCUT2D eigenvalue weighted by molar-refractivity contribution is 8.01. The lowest BCUT2D eigenvalue weighted by molar-refractivity contribution is -0.163. The maximum absolute atomic E-state index is 11.2. The molecule has 0 saturated carbocycles. The monoisotopic (exact) mass is 214 g/mol. The van der Waals surface area contributed by atoms with Gasteiger partial charge in [-0.05, 0) is 18.8 Å². The highest BCUT2D eigenvalue weighted by Crippen LogP contribution is 2.56. The van der Waals surface area contributed by atoms with Gasteiger partial charge in [-0.15, -0.1) is 0 Å². The zero-order valence-corrected chi connectivity index (χ0v) is 9.89. The Labute approximate surface area is 89.8 Å². The van der Waals surface area contributed by atoms with Crippen LogP contribution in [0.4, 0.5) is 0 Å². The summed E-state index contributed by atoms with van der Waals surface area (Å²) in [5.41, 5.74) is -0.153. The molecule has 2 fully saturated rings. The topological polar surface area (TPSA) is 26.3 Å². The van der Waals surface area contributed by atoms with Gasteiger partial charge in [0.1, 0.15) is 5.60 Å². The van der Waals surface area contributed by atoms with Gasteiger partial charge in [0.05, 0.1) is 0 Å². The van der Waals surface area contributed by atoms with E-state index < -0.39 is 0 Å². The van der Waals surface area contributed by atoms with E-state index in [0.29, 0.717) is 11.2 Å². The van der Waals surface area contributed by atoms with E-state index in [1.165, 1.54) is 19.8 Å². The van der Waals surface area contributed by atoms with Crippen molar-refractivity contribution in [3.8, 4) is 0 Å². The van der Waals surface area contributed by atoms with E-state index >= 15 is 0 Å². The van der Waals surface area contributed by atoms with Gasteiger partial charge >= 0.3 is 5.97 Å². The van der Waals surface area contributed by atoms with Crippen molar-refractivity contribution in [3.05, 3.63) is 0 Å². The normalized spacial score (nSPS) is 40.6. The minimum Gasteiger partial charge on any atom is -0.458 e. The Kier molecular flexibility index (Phi) is 2.54. The first-order valence-electron chi connectivity index (χ1n) is 5.39. The molecule has 3 atom stereocenters. The molecular formula is C11H18O2S. The average molecular weight is 214 g/mol. The van der Waals surface area contributed by atoms with Crippen molar-refractivity contribution in [1.29, 1.82) is 0 Å². The maximum atomic E-state index is 11.2. The number of thioether (sulfide) groups is 1. The fourth-order valence-corrected chi connectivity index (χ4v) is 4.82. The van der Waals surface area contributed by atoms with Gasteiger partial charge in [-0.25, -0.2) is 0 Å². The molecule has 80 valence electrons. The molecule has 0 N–H and O–H groups in total. The average Bonchev–Trinajstić information content (AvgIpc) is 2.61. The first-order chi connectivity index (χ1) is 6.54.